The van der Waals surface area contributed by atoms with Crippen molar-refractivity contribution < 1.29 is 19.4 Å². The van der Waals surface area contributed by atoms with Crippen molar-refractivity contribution in [3.8, 4) is 5.75 Å². The lowest BCUT2D eigenvalue weighted by Gasteiger charge is -2.15. The van der Waals surface area contributed by atoms with Crippen LogP contribution < -0.4 is 15.4 Å². The van der Waals surface area contributed by atoms with Crippen LogP contribution in [0, 0.1) is 0 Å². The number of aromatic nitrogens is 1. The van der Waals surface area contributed by atoms with Crippen LogP contribution in [-0.4, -0.2) is 35.2 Å². The van der Waals surface area contributed by atoms with Crippen LogP contribution in [0.4, 0.5) is 4.79 Å². The summed E-state index contributed by atoms with van der Waals surface area (Å²) in [5.41, 5.74) is 2.66. The lowest BCUT2D eigenvalue weighted by atomic mass is 10.1. The Bertz CT molecular complexity index is 934. The van der Waals surface area contributed by atoms with E-state index < -0.39 is 18.0 Å². The summed E-state index contributed by atoms with van der Waals surface area (Å²) in [7, 11) is 1.58. The van der Waals surface area contributed by atoms with E-state index >= 15 is 0 Å². The number of hydrogen-bond donors (Lipinski definition) is 4. The molecule has 0 saturated heterocycles. The first-order valence-corrected chi connectivity index (χ1v) is 8.52. The lowest BCUT2D eigenvalue weighted by molar-refractivity contribution is -0.139. The van der Waals surface area contributed by atoms with Gasteiger partial charge in [-0.25, -0.2) is 9.59 Å². The molecular weight excluding hydrogens is 346 g/mol. The third kappa shape index (κ3) is 4.58. The number of nitrogens with one attached hydrogen (secondary N) is 3. The molecule has 1 heterocycles. The first-order valence-electron chi connectivity index (χ1n) is 8.52. The van der Waals surface area contributed by atoms with Crippen LogP contribution in [-0.2, 0) is 17.8 Å². The smallest absolute Gasteiger partial charge is 0.326 e. The minimum absolute atomic E-state index is 0.190. The molecule has 27 heavy (non-hydrogen) atoms. The first-order chi connectivity index (χ1) is 13.1. The number of carboxylic acids is 1. The van der Waals surface area contributed by atoms with Gasteiger partial charge in [0.05, 0.1) is 7.11 Å². The number of urea groups is 1. The molecule has 7 heteroatoms. The fourth-order valence-corrected chi connectivity index (χ4v) is 2.86. The molecule has 0 radical (unpaired) electrons. The number of methoxy groups -OCH3 is 1. The number of fused-ring (bicyclic) bond motifs is 1. The maximum Gasteiger partial charge on any atom is 0.326 e. The van der Waals surface area contributed by atoms with Crippen LogP contribution in [0.3, 0.4) is 0 Å². The van der Waals surface area contributed by atoms with Gasteiger partial charge in [-0.2, -0.15) is 0 Å². The highest BCUT2D eigenvalue weighted by Crippen LogP contribution is 2.19. The molecule has 0 unspecified atom stereocenters. The number of carboxylic acid groups (broad SMARTS) is 1. The van der Waals surface area contributed by atoms with E-state index in [2.05, 4.69) is 15.6 Å². The Labute approximate surface area is 156 Å². The predicted molar refractivity (Wildman–Crippen MR) is 102 cm³/mol. The average molecular weight is 367 g/mol. The normalized spacial score (nSPS) is 11.7. The highest BCUT2D eigenvalue weighted by molar-refractivity contribution is 5.86. The standard InChI is InChI=1S/C20H21N3O4/c1-27-15-8-6-13(7-9-15)11-22-20(26)23-18(19(24)25)10-14-12-21-17-5-3-2-4-16(14)17/h2-9,12,18,21H,10-11H2,1H3,(H,24,25)(H2,22,23,26)/t18-/m0/s1. The van der Waals surface area contributed by atoms with Crippen LogP contribution in [0.5, 0.6) is 5.75 Å². The molecule has 0 spiro atoms. The van der Waals surface area contributed by atoms with Gasteiger partial charge in [-0.3, -0.25) is 0 Å². The summed E-state index contributed by atoms with van der Waals surface area (Å²) in [4.78, 5) is 26.8. The molecule has 1 atom stereocenters. The molecule has 0 aliphatic carbocycles. The number of aromatic amines is 1. The van der Waals surface area contributed by atoms with Gasteiger partial charge in [0.25, 0.3) is 0 Å². The Morgan fingerprint density at radius 1 is 1.15 bits per heavy atom. The van der Waals surface area contributed by atoms with Gasteiger partial charge in [0.15, 0.2) is 0 Å². The molecule has 0 fully saturated rings. The van der Waals surface area contributed by atoms with Gasteiger partial charge in [-0.05, 0) is 29.3 Å². The number of H-pyrrole nitrogens is 1. The van der Waals surface area contributed by atoms with E-state index in [9.17, 15) is 14.7 Å². The van der Waals surface area contributed by atoms with E-state index in [0.29, 0.717) is 0 Å². The van der Waals surface area contributed by atoms with Crippen LogP contribution in [0.15, 0.2) is 54.7 Å². The van der Waals surface area contributed by atoms with Crippen molar-refractivity contribution in [3.63, 3.8) is 0 Å². The van der Waals surface area contributed by atoms with Crippen molar-refractivity contribution in [2.24, 2.45) is 0 Å². The fourth-order valence-electron chi connectivity index (χ4n) is 2.86. The van der Waals surface area contributed by atoms with Crippen LogP contribution in [0.2, 0.25) is 0 Å². The van der Waals surface area contributed by atoms with Crippen LogP contribution >= 0.6 is 0 Å². The number of ether oxygens (including phenoxy) is 1. The lowest BCUT2D eigenvalue weighted by Crippen LogP contribution is -2.46. The summed E-state index contributed by atoms with van der Waals surface area (Å²) < 4.78 is 5.09. The molecule has 7 nitrogen and oxygen atoms in total. The monoisotopic (exact) mass is 367 g/mol. The highest BCUT2D eigenvalue weighted by atomic mass is 16.5. The topological polar surface area (TPSA) is 103 Å². The summed E-state index contributed by atoms with van der Waals surface area (Å²) in [5, 5.41) is 15.6. The third-order valence-electron chi connectivity index (χ3n) is 4.31. The molecule has 0 aliphatic rings. The van der Waals surface area contributed by atoms with Gasteiger partial charge >= 0.3 is 12.0 Å². The van der Waals surface area contributed by atoms with E-state index in [-0.39, 0.29) is 13.0 Å². The van der Waals surface area contributed by atoms with Gasteiger partial charge in [-0.15, -0.1) is 0 Å². The molecular formula is C20H21N3O4. The number of rotatable bonds is 7. The molecule has 2 amide bonds. The van der Waals surface area contributed by atoms with Gasteiger partial charge in [-0.1, -0.05) is 30.3 Å². The first kappa shape index (κ1) is 18.3. The number of amides is 2. The minimum atomic E-state index is -1.08. The Kier molecular flexibility index (Phi) is 5.61. The van der Waals surface area contributed by atoms with E-state index in [1.54, 1.807) is 25.4 Å². The van der Waals surface area contributed by atoms with E-state index in [0.717, 1.165) is 27.8 Å². The zero-order valence-corrected chi connectivity index (χ0v) is 14.9. The summed E-state index contributed by atoms with van der Waals surface area (Å²) in [6.07, 6.45) is 1.97. The second kappa shape index (κ2) is 8.27. The highest BCUT2D eigenvalue weighted by Gasteiger charge is 2.21. The number of benzene rings is 2. The zero-order valence-electron chi connectivity index (χ0n) is 14.9. The summed E-state index contributed by atoms with van der Waals surface area (Å²) in [6, 6.07) is 13.3. The van der Waals surface area contributed by atoms with Gasteiger partial charge in [0.2, 0.25) is 0 Å². The Hall–Kier alpha value is -3.48. The third-order valence-corrected chi connectivity index (χ3v) is 4.31. The van der Waals surface area contributed by atoms with Gasteiger partial charge in [0.1, 0.15) is 11.8 Å². The molecule has 1 aromatic heterocycles. The van der Waals surface area contributed by atoms with Crippen molar-refractivity contribution in [3.05, 3.63) is 65.9 Å². The largest absolute Gasteiger partial charge is 0.497 e. The van der Waals surface area contributed by atoms with E-state index in [1.165, 1.54) is 0 Å². The molecule has 2 aromatic carbocycles. The molecule has 3 rings (SSSR count). The average Bonchev–Trinajstić information content (AvgIpc) is 3.09. The molecule has 0 saturated carbocycles. The van der Waals surface area contributed by atoms with Crippen molar-refractivity contribution in [2.75, 3.05) is 7.11 Å². The quantitative estimate of drug-likeness (QED) is 0.515. The second-order valence-electron chi connectivity index (χ2n) is 6.13. The Morgan fingerprint density at radius 2 is 1.89 bits per heavy atom. The molecule has 140 valence electrons. The summed E-state index contributed by atoms with van der Waals surface area (Å²) >= 11 is 0. The zero-order chi connectivity index (χ0) is 19.2. The maximum absolute atomic E-state index is 12.1. The van der Waals surface area contributed by atoms with Crippen LogP contribution in [0.1, 0.15) is 11.1 Å². The molecule has 4 N–H and O–H groups in total. The van der Waals surface area contributed by atoms with Crippen molar-refractivity contribution in [2.45, 2.75) is 19.0 Å². The molecule has 3 aromatic rings. The predicted octanol–water partition coefficient (Wildman–Crippen LogP) is 2.67. The van der Waals surface area contributed by atoms with Gasteiger partial charge in [0, 0.05) is 30.1 Å². The number of carbonyl (C=O) groups is 2. The summed E-state index contributed by atoms with van der Waals surface area (Å²) in [6.45, 7) is 0.287. The Balaban J connectivity index is 1.60. The number of aliphatic carboxylic acids is 1. The molecule has 0 aliphatic heterocycles. The minimum Gasteiger partial charge on any atom is -0.497 e. The van der Waals surface area contributed by atoms with Gasteiger partial charge < -0.3 is 25.5 Å². The van der Waals surface area contributed by atoms with Crippen molar-refractivity contribution in [1.82, 2.24) is 15.6 Å². The van der Waals surface area contributed by atoms with Crippen LogP contribution in [0.25, 0.3) is 10.9 Å². The van der Waals surface area contributed by atoms with Crippen molar-refractivity contribution >= 4 is 22.9 Å². The number of para-hydroxylation sites is 1. The SMILES string of the molecule is COc1ccc(CNC(=O)N[C@@H](Cc2c[nH]c3ccccc23)C(=O)O)cc1. The summed E-state index contributed by atoms with van der Waals surface area (Å²) in [5.74, 6) is -0.354. The maximum atomic E-state index is 12.1. The van der Waals surface area contributed by atoms with E-state index in [4.69, 9.17) is 4.74 Å². The number of carbonyl (C=O) groups excluding carboxylic acids is 1. The van der Waals surface area contributed by atoms with E-state index in [1.807, 2.05) is 36.4 Å². The number of hydrogen-bond acceptors (Lipinski definition) is 3. The Morgan fingerprint density at radius 3 is 2.59 bits per heavy atom. The second-order valence-corrected chi connectivity index (χ2v) is 6.13. The van der Waals surface area contributed by atoms with Crippen molar-refractivity contribution in [1.29, 1.82) is 0 Å². The fraction of sp³-hybridized carbons (Fsp3) is 0.200. The molecule has 0 bridgehead atoms.